The molecule has 274 valence electrons. The number of carboxylic acids is 1. The molecule has 14 heteroatoms. The Kier molecular flexibility index (Phi) is 10.9. The first-order valence-corrected chi connectivity index (χ1v) is 16.8. The van der Waals surface area contributed by atoms with Crippen LogP contribution in [0.2, 0.25) is 0 Å². The highest BCUT2D eigenvalue weighted by atomic mass is 16.6. The van der Waals surface area contributed by atoms with Crippen molar-refractivity contribution in [1.29, 1.82) is 0 Å². The third-order valence-corrected chi connectivity index (χ3v) is 8.87. The van der Waals surface area contributed by atoms with Gasteiger partial charge in [-0.2, -0.15) is 0 Å². The third kappa shape index (κ3) is 8.33. The molecule has 5 atom stereocenters. The van der Waals surface area contributed by atoms with E-state index in [2.05, 4.69) is 29.1 Å². The summed E-state index contributed by atoms with van der Waals surface area (Å²) in [5.74, 6) is -2.74. The van der Waals surface area contributed by atoms with Gasteiger partial charge in [-0.15, -0.1) is 6.58 Å². The highest BCUT2D eigenvalue weighted by molar-refractivity contribution is 5.97. The van der Waals surface area contributed by atoms with Crippen LogP contribution in [0.5, 0.6) is 11.5 Å². The van der Waals surface area contributed by atoms with Crippen molar-refractivity contribution in [1.82, 2.24) is 25.8 Å². The van der Waals surface area contributed by atoms with E-state index in [1.54, 1.807) is 52.1 Å². The van der Waals surface area contributed by atoms with Gasteiger partial charge in [0.2, 0.25) is 17.7 Å². The van der Waals surface area contributed by atoms with Crippen LogP contribution < -0.4 is 25.4 Å². The molecule has 4 amide bonds. The van der Waals surface area contributed by atoms with Gasteiger partial charge in [-0.1, -0.05) is 43.0 Å². The number of nitrogens with zero attached hydrogens (tertiary/aromatic N) is 2. The second-order valence-corrected chi connectivity index (χ2v) is 13.7. The predicted molar refractivity (Wildman–Crippen MR) is 191 cm³/mol. The van der Waals surface area contributed by atoms with Crippen LogP contribution >= 0.6 is 0 Å². The molecule has 1 aromatic heterocycles. The first-order chi connectivity index (χ1) is 24.7. The smallest absolute Gasteiger partial charge is 0.408 e. The van der Waals surface area contributed by atoms with Crippen LogP contribution in [0.3, 0.4) is 0 Å². The van der Waals surface area contributed by atoms with E-state index in [1.165, 1.54) is 11.0 Å². The molecule has 1 saturated carbocycles. The van der Waals surface area contributed by atoms with Crippen LogP contribution in [0.15, 0.2) is 79.9 Å². The molecule has 2 fully saturated rings. The second-order valence-electron chi connectivity index (χ2n) is 13.7. The zero-order valence-corrected chi connectivity index (χ0v) is 29.5. The van der Waals surface area contributed by atoms with Gasteiger partial charge in [0.25, 0.3) is 0 Å². The number of alkyl carbamates (subject to hydrolysis) is 1. The van der Waals surface area contributed by atoms with Gasteiger partial charge in [0.1, 0.15) is 40.8 Å². The van der Waals surface area contributed by atoms with E-state index in [4.69, 9.17) is 19.2 Å². The average molecular weight is 714 g/mol. The summed E-state index contributed by atoms with van der Waals surface area (Å²) in [4.78, 5) is 71.6. The Morgan fingerprint density at radius 3 is 2.44 bits per heavy atom. The molecule has 3 aromatic rings. The molecule has 0 bridgehead atoms. The predicted octanol–water partition coefficient (Wildman–Crippen LogP) is 3.60. The van der Waals surface area contributed by atoms with Gasteiger partial charge in [-0.25, -0.2) is 14.6 Å². The van der Waals surface area contributed by atoms with Crippen LogP contribution in [-0.2, 0) is 23.9 Å². The minimum atomic E-state index is -1.57. The highest BCUT2D eigenvalue weighted by Gasteiger charge is 2.61. The number of benzene rings is 2. The maximum absolute atomic E-state index is 14.3. The van der Waals surface area contributed by atoms with Crippen molar-refractivity contribution < 1.29 is 43.3 Å². The molecule has 14 nitrogen and oxygen atoms in total. The van der Waals surface area contributed by atoms with Crippen LogP contribution in [0.4, 0.5) is 4.79 Å². The third-order valence-electron chi connectivity index (χ3n) is 8.87. The molecule has 0 radical (unpaired) electrons. The fourth-order valence-electron chi connectivity index (χ4n) is 6.16. The Balaban J connectivity index is 1.50. The largest absolute Gasteiger partial charge is 0.497 e. The highest BCUT2D eigenvalue weighted by Crippen LogP contribution is 2.45. The molecule has 1 aliphatic heterocycles. The maximum Gasteiger partial charge on any atom is 0.408 e. The van der Waals surface area contributed by atoms with Crippen molar-refractivity contribution >= 4 is 40.7 Å². The van der Waals surface area contributed by atoms with Crippen LogP contribution in [0.25, 0.3) is 22.2 Å². The molecule has 1 aliphatic carbocycles. The molecular weight excluding hydrogens is 670 g/mol. The molecule has 52 heavy (non-hydrogen) atoms. The van der Waals surface area contributed by atoms with Gasteiger partial charge in [0.05, 0.1) is 24.9 Å². The van der Waals surface area contributed by atoms with Crippen molar-refractivity contribution in [2.24, 2.45) is 5.92 Å². The second kappa shape index (κ2) is 15.1. The lowest BCUT2D eigenvalue weighted by Gasteiger charge is -2.30. The fraction of sp³-hybridized carbons (Fsp3) is 0.368. The van der Waals surface area contributed by atoms with Gasteiger partial charge in [-0.3, -0.25) is 14.4 Å². The lowest BCUT2D eigenvalue weighted by Crippen LogP contribution is -2.58. The monoisotopic (exact) mass is 713 g/mol. The van der Waals surface area contributed by atoms with Crippen LogP contribution in [0, 0.1) is 5.92 Å². The summed E-state index contributed by atoms with van der Waals surface area (Å²) in [5, 5.41) is 18.3. The zero-order valence-electron chi connectivity index (χ0n) is 29.5. The Labute approximate surface area is 301 Å². The summed E-state index contributed by atoms with van der Waals surface area (Å²) < 4.78 is 17.4. The van der Waals surface area contributed by atoms with Crippen molar-refractivity contribution in [3.8, 4) is 22.8 Å². The zero-order chi connectivity index (χ0) is 37.8. The number of nitrogens with one attached hydrogen (secondary N) is 3. The Morgan fingerprint density at radius 1 is 1.10 bits per heavy atom. The normalized spacial score (nSPS) is 21.3. The Hall–Kier alpha value is -5.92. The maximum atomic E-state index is 14.3. The number of aromatic nitrogens is 1. The van der Waals surface area contributed by atoms with Crippen molar-refractivity contribution in [3.05, 3.63) is 79.9 Å². The van der Waals surface area contributed by atoms with E-state index in [1.807, 2.05) is 30.3 Å². The van der Waals surface area contributed by atoms with Crippen LogP contribution in [-0.4, -0.2) is 94.3 Å². The Morgan fingerprint density at radius 2 is 1.83 bits per heavy atom. The number of ether oxygens (including phenoxy) is 3. The molecule has 5 rings (SSSR count). The van der Waals surface area contributed by atoms with E-state index in [0.29, 0.717) is 28.1 Å². The number of carbonyl (C=O) groups excluding carboxylic acids is 4. The lowest BCUT2D eigenvalue weighted by molar-refractivity contribution is -0.145. The number of carboxylic acid groups (broad SMARTS) is 1. The number of likely N-dealkylation sites (tertiary alicyclic amines) is 1. The number of hydrogen-bond donors (Lipinski definition) is 4. The molecule has 0 spiro atoms. The van der Waals surface area contributed by atoms with E-state index in [-0.39, 0.29) is 25.9 Å². The molecule has 2 aromatic carbocycles. The Bertz CT molecular complexity index is 1890. The average Bonchev–Trinajstić information content (AvgIpc) is 3.68. The van der Waals surface area contributed by atoms with Crippen molar-refractivity contribution in [2.75, 3.05) is 20.2 Å². The van der Waals surface area contributed by atoms with Crippen molar-refractivity contribution in [3.63, 3.8) is 0 Å². The summed E-state index contributed by atoms with van der Waals surface area (Å²) in [6.07, 6.45) is 0.912. The summed E-state index contributed by atoms with van der Waals surface area (Å²) >= 11 is 0. The molecule has 2 aliphatic rings. The van der Waals surface area contributed by atoms with E-state index < -0.39 is 65.0 Å². The minimum absolute atomic E-state index is 0.0230. The molecule has 1 saturated heterocycles. The first-order valence-electron chi connectivity index (χ1n) is 16.8. The minimum Gasteiger partial charge on any atom is -0.497 e. The number of fused-ring (bicyclic) bond motifs is 1. The molecule has 4 N–H and O–H groups in total. The SMILES string of the molecule is C=CC(=O)NCC(NC(=O)OC(C)(C)C)C(=O)N1C[C@H](Oc2cc(-c3ccccc3)nc3cc(OC)ccc23)C[C@H]1C(=O)N[C@]1(C(=O)O)C[C@H]1C=C. The van der Waals surface area contributed by atoms with Gasteiger partial charge >= 0.3 is 12.1 Å². The molecular formula is C38H43N5O9. The van der Waals surface area contributed by atoms with E-state index in [0.717, 1.165) is 11.6 Å². The topological polar surface area (TPSA) is 185 Å². The van der Waals surface area contributed by atoms with E-state index in [9.17, 15) is 29.1 Å². The van der Waals surface area contributed by atoms with Crippen molar-refractivity contribution in [2.45, 2.75) is 62.9 Å². The summed E-state index contributed by atoms with van der Waals surface area (Å²) in [7, 11) is 1.55. The van der Waals surface area contributed by atoms with E-state index >= 15 is 0 Å². The summed E-state index contributed by atoms with van der Waals surface area (Å²) in [5.41, 5.74) is -0.435. The fourth-order valence-corrected chi connectivity index (χ4v) is 6.16. The summed E-state index contributed by atoms with van der Waals surface area (Å²) in [6, 6.07) is 14.0. The quantitative estimate of drug-likeness (QED) is 0.151. The lowest BCUT2D eigenvalue weighted by atomic mass is 10.1. The van der Waals surface area contributed by atoms with Gasteiger partial charge < -0.3 is 40.2 Å². The number of methoxy groups -OCH3 is 1. The number of pyridine rings is 1. The standard InChI is InChI=1S/C38H43N5O9/c1-7-23-19-38(23,35(47)48)42-33(45)30-17-25(21-43(30)34(46)29(20-39-32(44)8-2)41-36(49)52-37(3,4)5)51-31-18-27(22-12-10-9-11-13-22)40-28-16-24(50-6)14-15-26(28)31/h7-16,18,23,25,29-30H,1-2,17,19-21H2,3-6H3,(H,39,44)(H,41,49)(H,42,45)(H,47,48)/t23-,25-,29?,30+,38-/m1/s1. The number of amides is 4. The van der Waals surface area contributed by atoms with Gasteiger partial charge in [0.15, 0.2) is 0 Å². The van der Waals surface area contributed by atoms with Gasteiger partial charge in [0, 0.05) is 42.0 Å². The first kappa shape index (κ1) is 37.3. The number of carbonyl (C=O) groups is 5. The molecule has 2 heterocycles. The summed E-state index contributed by atoms with van der Waals surface area (Å²) in [6.45, 7) is 11.6. The molecule has 1 unspecified atom stereocenters. The number of hydrogen-bond acceptors (Lipinski definition) is 9. The number of rotatable bonds is 13. The van der Waals surface area contributed by atoms with Crippen LogP contribution in [0.1, 0.15) is 33.6 Å². The van der Waals surface area contributed by atoms with Gasteiger partial charge in [-0.05, 0) is 45.4 Å². The number of aliphatic carboxylic acids is 1.